The molecule has 0 amide bonds. The molecule has 3 aromatic carbocycles. The van der Waals surface area contributed by atoms with Gasteiger partial charge in [-0.15, -0.1) is 0 Å². The molecule has 0 saturated carbocycles. The van der Waals surface area contributed by atoms with Crippen LogP contribution in [0.15, 0.2) is 54.6 Å². The largest absolute Gasteiger partial charge is 0.488 e. The van der Waals surface area contributed by atoms with E-state index in [0.29, 0.717) is 34.4 Å². The number of carboxylic acid groups (broad SMARTS) is 1. The molecule has 3 rings (SSSR count). The van der Waals surface area contributed by atoms with Gasteiger partial charge in [-0.05, 0) is 35.7 Å². The standard InChI is InChI=1S/C23H21F2NO3/c1-2-14-7-5-8-18(22(14)24)16-10-17(23(25)19(26)11-16)13-29-20-9-4-3-6-15(20)12-21(27)28/h3-11H,2,12-13,26H2,1H3,(H,27,28). The Kier molecular flexibility index (Phi) is 6.12. The van der Waals surface area contributed by atoms with Gasteiger partial charge in [0, 0.05) is 16.7 Å². The summed E-state index contributed by atoms with van der Waals surface area (Å²) in [5, 5.41) is 9.02. The zero-order valence-electron chi connectivity index (χ0n) is 15.9. The van der Waals surface area contributed by atoms with Gasteiger partial charge in [0.25, 0.3) is 0 Å². The minimum Gasteiger partial charge on any atom is -0.488 e. The summed E-state index contributed by atoms with van der Waals surface area (Å²) in [6, 6.07) is 14.6. The highest BCUT2D eigenvalue weighted by Gasteiger charge is 2.15. The lowest BCUT2D eigenvalue weighted by Crippen LogP contribution is -2.06. The fourth-order valence-corrected chi connectivity index (χ4v) is 3.15. The molecule has 3 aromatic rings. The van der Waals surface area contributed by atoms with Gasteiger partial charge < -0.3 is 15.6 Å². The van der Waals surface area contributed by atoms with Crippen LogP contribution in [0, 0.1) is 11.6 Å². The molecule has 0 bridgehead atoms. The van der Waals surface area contributed by atoms with Gasteiger partial charge in [-0.3, -0.25) is 4.79 Å². The van der Waals surface area contributed by atoms with Gasteiger partial charge in [0.15, 0.2) is 5.82 Å². The average molecular weight is 397 g/mol. The predicted molar refractivity (Wildman–Crippen MR) is 108 cm³/mol. The predicted octanol–water partition coefficient (Wildman–Crippen LogP) is 4.98. The van der Waals surface area contributed by atoms with Crippen LogP contribution in [-0.2, 0) is 24.2 Å². The number of aryl methyl sites for hydroxylation is 1. The zero-order chi connectivity index (χ0) is 21.0. The third-order valence-electron chi connectivity index (χ3n) is 4.64. The lowest BCUT2D eigenvalue weighted by Gasteiger charge is -2.14. The van der Waals surface area contributed by atoms with Crippen molar-refractivity contribution < 1.29 is 23.4 Å². The van der Waals surface area contributed by atoms with Crippen LogP contribution in [-0.4, -0.2) is 11.1 Å². The highest BCUT2D eigenvalue weighted by Crippen LogP contribution is 2.31. The fraction of sp³-hybridized carbons (Fsp3) is 0.174. The third kappa shape index (κ3) is 4.54. The molecule has 0 atom stereocenters. The zero-order valence-corrected chi connectivity index (χ0v) is 15.9. The molecule has 0 heterocycles. The van der Waals surface area contributed by atoms with E-state index in [1.54, 1.807) is 42.5 Å². The molecule has 0 aliphatic carbocycles. The highest BCUT2D eigenvalue weighted by atomic mass is 19.1. The van der Waals surface area contributed by atoms with Crippen molar-refractivity contribution in [3.05, 3.63) is 82.9 Å². The number of rotatable bonds is 7. The highest BCUT2D eigenvalue weighted by molar-refractivity contribution is 5.71. The molecule has 3 N–H and O–H groups in total. The molecular formula is C23H21F2NO3. The van der Waals surface area contributed by atoms with Crippen molar-refractivity contribution in [2.24, 2.45) is 0 Å². The molecule has 150 valence electrons. The van der Waals surface area contributed by atoms with Gasteiger partial charge in [0.1, 0.15) is 18.2 Å². The van der Waals surface area contributed by atoms with E-state index in [-0.39, 0.29) is 30.1 Å². The van der Waals surface area contributed by atoms with Crippen LogP contribution < -0.4 is 10.5 Å². The van der Waals surface area contributed by atoms with Crippen molar-refractivity contribution in [3.63, 3.8) is 0 Å². The second-order valence-electron chi connectivity index (χ2n) is 6.64. The van der Waals surface area contributed by atoms with Gasteiger partial charge in [-0.2, -0.15) is 0 Å². The number of aliphatic carboxylic acids is 1. The minimum absolute atomic E-state index is 0.110. The Bertz CT molecular complexity index is 1050. The second-order valence-corrected chi connectivity index (χ2v) is 6.64. The summed E-state index contributed by atoms with van der Waals surface area (Å²) in [5.41, 5.74) is 7.69. The number of carbonyl (C=O) groups is 1. The summed E-state index contributed by atoms with van der Waals surface area (Å²) < 4.78 is 35.0. The third-order valence-corrected chi connectivity index (χ3v) is 4.64. The Morgan fingerprint density at radius 1 is 1.00 bits per heavy atom. The van der Waals surface area contributed by atoms with Crippen LogP contribution in [0.5, 0.6) is 5.75 Å². The summed E-state index contributed by atoms with van der Waals surface area (Å²) in [5.74, 6) is -1.65. The number of ether oxygens (including phenoxy) is 1. The van der Waals surface area contributed by atoms with Crippen LogP contribution in [0.4, 0.5) is 14.5 Å². The molecule has 0 aliphatic rings. The van der Waals surface area contributed by atoms with Gasteiger partial charge in [0.2, 0.25) is 0 Å². The first-order valence-corrected chi connectivity index (χ1v) is 9.18. The maximum absolute atomic E-state index is 14.7. The topological polar surface area (TPSA) is 72.5 Å². The summed E-state index contributed by atoms with van der Waals surface area (Å²) >= 11 is 0. The Hall–Kier alpha value is -3.41. The molecule has 29 heavy (non-hydrogen) atoms. The van der Waals surface area contributed by atoms with Crippen LogP contribution in [0.2, 0.25) is 0 Å². The van der Waals surface area contributed by atoms with Gasteiger partial charge >= 0.3 is 5.97 Å². The molecule has 0 aliphatic heterocycles. The van der Waals surface area contributed by atoms with E-state index in [1.807, 2.05) is 6.92 Å². The van der Waals surface area contributed by atoms with Crippen molar-refractivity contribution >= 4 is 11.7 Å². The summed E-state index contributed by atoms with van der Waals surface area (Å²) in [7, 11) is 0. The lowest BCUT2D eigenvalue weighted by molar-refractivity contribution is -0.136. The molecule has 6 heteroatoms. The van der Waals surface area contributed by atoms with Crippen LogP contribution in [0.3, 0.4) is 0 Å². The number of nitrogen functional groups attached to an aromatic ring is 1. The van der Waals surface area contributed by atoms with Crippen molar-refractivity contribution in [1.82, 2.24) is 0 Å². The van der Waals surface area contributed by atoms with E-state index >= 15 is 0 Å². The van der Waals surface area contributed by atoms with Gasteiger partial charge in [0.05, 0.1) is 12.1 Å². The van der Waals surface area contributed by atoms with E-state index < -0.39 is 11.8 Å². The molecule has 0 fully saturated rings. The fourth-order valence-electron chi connectivity index (χ4n) is 3.15. The Morgan fingerprint density at radius 3 is 2.45 bits per heavy atom. The number of carboxylic acids is 1. The van der Waals surface area contributed by atoms with Crippen LogP contribution in [0.25, 0.3) is 11.1 Å². The molecule has 0 spiro atoms. The van der Waals surface area contributed by atoms with Crippen molar-refractivity contribution in [2.45, 2.75) is 26.4 Å². The Labute approximate surface area is 167 Å². The number of para-hydroxylation sites is 1. The number of benzene rings is 3. The molecule has 0 saturated heterocycles. The van der Waals surface area contributed by atoms with Crippen LogP contribution in [0.1, 0.15) is 23.6 Å². The van der Waals surface area contributed by atoms with E-state index in [9.17, 15) is 13.6 Å². The van der Waals surface area contributed by atoms with Crippen molar-refractivity contribution in [2.75, 3.05) is 5.73 Å². The second kappa shape index (κ2) is 8.73. The first-order chi connectivity index (χ1) is 13.9. The summed E-state index contributed by atoms with van der Waals surface area (Å²) in [6.07, 6.45) is 0.322. The molecule has 0 unspecified atom stereocenters. The monoisotopic (exact) mass is 397 g/mol. The number of hydrogen-bond donors (Lipinski definition) is 2. The quantitative estimate of drug-likeness (QED) is 0.552. The van der Waals surface area contributed by atoms with Crippen LogP contribution >= 0.6 is 0 Å². The van der Waals surface area contributed by atoms with Gasteiger partial charge in [-0.25, -0.2) is 8.78 Å². The van der Waals surface area contributed by atoms with Gasteiger partial charge in [-0.1, -0.05) is 43.3 Å². The minimum atomic E-state index is -0.996. The molecule has 4 nitrogen and oxygen atoms in total. The Morgan fingerprint density at radius 2 is 1.72 bits per heavy atom. The summed E-state index contributed by atoms with van der Waals surface area (Å²) in [6.45, 7) is 1.69. The first kappa shape index (κ1) is 20.3. The average Bonchev–Trinajstić information content (AvgIpc) is 2.70. The van der Waals surface area contributed by atoms with E-state index in [1.165, 1.54) is 12.1 Å². The summed E-state index contributed by atoms with van der Waals surface area (Å²) in [4.78, 5) is 11.0. The van der Waals surface area contributed by atoms with E-state index in [0.717, 1.165) is 0 Å². The molecular weight excluding hydrogens is 376 g/mol. The Balaban J connectivity index is 1.93. The van der Waals surface area contributed by atoms with Crippen molar-refractivity contribution in [3.8, 4) is 16.9 Å². The maximum Gasteiger partial charge on any atom is 0.307 e. The molecule has 0 aromatic heterocycles. The first-order valence-electron chi connectivity index (χ1n) is 9.18. The number of anilines is 1. The number of halogens is 2. The number of nitrogens with two attached hydrogens (primary N) is 1. The smallest absolute Gasteiger partial charge is 0.307 e. The molecule has 0 radical (unpaired) electrons. The SMILES string of the molecule is CCc1cccc(-c2cc(N)c(F)c(COc3ccccc3CC(=O)O)c2)c1F. The number of hydrogen-bond acceptors (Lipinski definition) is 3. The normalized spacial score (nSPS) is 10.7. The maximum atomic E-state index is 14.7. The van der Waals surface area contributed by atoms with E-state index in [2.05, 4.69) is 0 Å². The van der Waals surface area contributed by atoms with E-state index in [4.69, 9.17) is 15.6 Å². The van der Waals surface area contributed by atoms with Crippen molar-refractivity contribution in [1.29, 1.82) is 0 Å². The lowest BCUT2D eigenvalue weighted by atomic mass is 9.98.